The van der Waals surface area contributed by atoms with E-state index in [-0.39, 0.29) is 11.9 Å². The van der Waals surface area contributed by atoms with Gasteiger partial charge in [0.2, 0.25) is 5.91 Å². The molecule has 0 spiro atoms. The van der Waals surface area contributed by atoms with Crippen LogP contribution in [0.15, 0.2) is 24.3 Å². The molecule has 0 radical (unpaired) electrons. The van der Waals surface area contributed by atoms with E-state index in [2.05, 4.69) is 0 Å². The average molecular weight is 351 g/mol. The lowest BCUT2D eigenvalue weighted by Gasteiger charge is -2.32. The number of likely N-dealkylation sites (N-methyl/N-ethyl adjacent to an activating group) is 1. The molecule has 0 aromatic heterocycles. The number of carboxylic acid groups (broad SMARTS) is 1. The second-order valence-electron chi connectivity index (χ2n) is 7.00. The molecule has 1 aromatic carbocycles. The van der Waals surface area contributed by atoms with Crippen LogP contribution in [0, 0.1) is 5.92 Å². The zero-order valence-corrected chi connectivity index (χ0v) is 14.8. The maximum atomic E-state index is 13.1. The molecular weight excluding hydrogens is 328 g/mol. The fourth-order valence-electron chi connectivity index (χ4n) is 4.03. The van der Waals surface area contributed by atoms with E-state index in [1.807, 2.05) is 23.1 Å². The fourth-order valence-corrected chi connectivity index (χ4v) is 4.28. The smallest absolute Gasteiger partial charge is 0.323 e. The van der Waals surface area contributed by atoms with Crippen LogP contribution in [0.4, 0.5) is 0 Å². The minimum Gasteiger partial charge on any atom is -0.480 e. The van der Waals surface area contributed by atoms with Crippen molar-refractivity contribution < 1.29 is 14.7 Å². The van der Waals surface area contributed by atoms with Gasteiger partial charge in [-0.05, 0) is 44.9 Å². The highest BCUT2D eigenvalue weighted by molar-refractivity contribution is 6.31. The van der Waals surface area contributed by atoms with Crippen LogP contribution in [0.25, 0.3) is 0 Å². The number of benzene rings is 1. The van der Waals surface area contributed by atoms with Gasteiger partial charge < -0.3 is 10.0 Å². The molecule has 2 heterocycles. The molecule has 2 saturated heterocycles. The van der Waals surface area contributed by atoms with Gasteiger partial charge in [0.05, 0.1) is 5.92 Å². The van der Waals surface area contributed by atoms with Crippen molar-refractivity contribution in [2.75, 3.05) is 20.1 Å². The molecule has 3 atom stereocenters. The minimum absolute atomic E-state index is 0.0502. The molecule has 0 aliphatic carbocycles. The fraction of sp³-hybridized carbons (Fsp3) is 0.556. The number of carboxylic acids is 1. The van der Waals surface area contributed by atoms with Crippen molar-refractivity contribution in [1.29, 1.82) is 0 Å². The summed E-state index contributed by atoms with van der Waals surface area (Å²) in [4.78, 5) is 28.6. The largest absolute Gasteiger partial charge is 0.480 e. The molecule has 5 nitrogen and oxygen atoms in total. The van der Waals surface area contributed by atoms with Gasteiger partial charge in [-0.15, -0.1) is 0 Å². The van der Waals surface area contributed by atoms with Crippen LogP contribution in [0.2, 0.25) is 5.02 Å². The van der Waals surface area contributed by atoms with Gasteiger partial charge in [0.1, 0.15) is 5.54 Å². The van der Waals surface area contributed by atoms with Crippen LogP contribution in [0.5, 0.6) is 0 Å². The Hall–Kier alpha value is -1.59. The van der Waals surface area contributed by atoms with Crippen LogP contribution < -0.4 is 0 Å². The Bertz CT molecular complexity index is 659. The van der Waals surface area contributed by atoms with E-state index in [9.17, 15) is 14.7 Å². The monoisotopic (exact) mass is 350 g/mol. The van der Waals surface area contributed by atoms with E-state index in [1.165, 1.54) is 0 Å². The number of halogens is 1. The van der Waals surface area contributed by atoms with E-state index in [0.29, 0.717) is 11.4 Å². The number of carbonyl (C=O) groups is 2. The Balaban J connectivity index is 2.02. The molecule has 0 bridgehead atoms. The van der Waals surface area contributed by atoms with Gasteiger partial charge in [0.15, 0.2) is 0 Å². The van der Waals surface area contributed by atoms with Crippen molar-refractivity contribution >= 4 is 23.5 Å². The van der Waals surface area contributed by atoms with Gasteiger partial charge in [0.25, 0.3) is 0 Å². The molecule has 130 valence electrons. The molecule has 1 N–H and O–H groups in total. The lowest BCUT2D eigenvalue weighted by atomic mass is 9.89. The first-order chi connectivity index (χ1) is 11.4. The molecule has 3 rings (SSSR count). The Morgan fingerprint density at radius 1 is 1.25 bits per heavy atom. The van der Waals surface area contributed by atoms with Gasteiger partial charge in [-0.2, -0.15) is 0 Å². The van der Waals surface area contributed by atoms with E-state index in [1.54, 1.807) is 24.9 Å². The van der Waals surface area contributed by atoms with Crippen LogP contribution in [-0.2, 0) is 9.59 Å². The first-order valence-electron chi connectivity index (χ1n) is 8.36. The molecular formula is C18H23ClN2O3. The summed E-state index contributed by atoms with van der Waals surface area (Å²) in [6.07, 6.45) is 2.33. The summed E-state index contributed by atoms with van der Waals surface area (Å²) >= 11 is 6.37. The quantitative estimate of drug-likeness (QED) is 0.910. The van der Waals surface area contributed by atoms with Crippen molar-refractivity contribution in [2.45, 2.75) is 37.8 Å². The summed E-state index contributed by atoms with van der Waals surface area (Å²) in [6, 6.07) is 7.07. The zero-order valence-electron chi connectivity index (χ0n) is 14.0. The Morgan fingerprint density at radius 3 is 2.46 bits per heavy atom. The second-order valence-corrected chi connectivity index (χ2v) is 7.41. The predicted molar refractivity (Wildman–Crippen MR) is 91.9 cm³/mol. The number of hydrogen-bond acceptors (Lipinski definition) is 3. The highest BCUT2D eigenvalue weighted by Crippen LogP contribution is 2.48. The summed E-state index contributed by atoms with van der Waals surface area (Å²) in [6.45, 7) is 3.21. The Labute approximate surface area is 147 Å². The Kier molecular flexibility index (Phi) is 4.58. The molecule has 1 amide bonds. The van der Waals surface area contributed by atoms with E-state index in [0.717, 1.165) is 31.5 Å². The molecule has 24 heavy (non-hydrogen) atoms. The van der Waals surface area contributed by atoms with Crippen molar-refractivity contribution in [3.63, 3.8) is 0 Å². The number of hydrogen-bond donors (Lipinski definition) is 1. The van der Waals surface area contributed by atoms with Crippen LogP contribution in [0.1, 0.15) is 37.8 Å². The Morgan fingerprint density at radius 2 is 1.88 bits per heavy atom. The van der Waals surface area contributed by atoms with E-state index < -0.39 is 17.4 Å². The van der Waals surface area contributed by atoms with E-state index in [4.69, 9.17) is 11.6 Å². The zero-order chi connectivity index (χ0) is 17.5. The third-order valence-electron chi connectivity index (χ3n) is 5.61. The standard InChI is InChI=1S/C18H23ClN2O3/c1-18(17(23)24)11-13(16(22)21-9-5-6-10-21)15(20(18)2)12-7-3-4-8-14(12)19/h3-4,7-8,13,15H,5-6,9-11H2,1-2H3,(H,23,24)/t13-,15-,18-/m0/s1. The molecule has 2 aliphatic rings. The van der Waals surface area contributed by atoms with E-state index >= 15 is 0 Å². The number of rotatable bonds is 3. The van der Waals surface area contributed by atoms with Gasteiger partial charge in [0, 0.05) is 24.2 Å². The van der Waals surface area contributed by atoms with Gasteiger partial charge in [-0.1, -0.05) is 29.8 Å². The SMILES string of the molecule is CN1[C@@H](c2ccccc2Cl)[C@@H](C(=O)N2CCCC2)C[C@@]1(C)C(=O)O. The van der Waals surface area contributed by atoms with Crippen molar-refractivity contribution in [3.8, 4) is 0 Å². The van der Waals surface area contributed by atoms with Crippen LogP contribution in [-0.4, -0.2) is 52.5 Å². The number of nitrogens with zero attached hydrogens (tertiary/aromatic N) is 2. The predicted octanol–water partition coefficient (Wildman–Crippen LogP) is 2.80. The van der Waals surface area contributed by atoms with Gasteiger partial charge in [-0.3, -0.25) is 14.5 Å². The van der Waals surface area contributed by atoms with Crippen molar-refractivity contribution in [1.82, 2.24) is 9.80 Å². The van der Waals surface area contributed by atoms with Gasteiger partial charge >= 0.3 is 5.97 Å². The first-order valence-corrected chi connectivity index (χ1v) is 8.73. The molecule has 6 heteroatoms. The molecule has 2 aliphatic heterocycles. The third-order valence-corrected chi connectivity index (χ3v) is 5.96. The minimum atomic E-state index is -1.08. The molecule has 0 unspecified atom stereocenters. The lowest BCUT2D eigenvalue weighted by Crippen LogP contribution is -2.46. The number of amides is 1. The third kappa shape index (κ3) is 2.70. The topological polar surface area (TPSA) is 60.9 Å². The molecule has 2 fully saturated rings. The number of carbonyl (C=O) groups excluding carboxylic acids is 1. The summed E-state index contributed by atoms with van der Waals surface area (Å²) in [5.74, 6) is -1.25. The summed E-state index contributed by atoms with van der Waals surface area (Å²) in [7, 11) is 1.78. The van der Waals surface area contributed by atoms with Crippen LogP contribution in [0.3, 0.4) is 0 Å². The first kappa shape index (κ1) is 17.2. The highest BCUT2D eigenvalue weighted by atomic mass is 35.5. The normalized spacial score (nSPS) is 30.7. The van der Waals surface area contributed by atoms with Crippen molar-refractivity contribution in [2.24, 2.45) is 5.92 Å². The summed E-state index contributed by atoms with van der Waals surface area (Å²) < 4.78 is 0. The second kappa shape index (κ2) is 6.37. The average Bonchev–Trinajstić information content (AvgIpc) is 3.16. The molecule has 0 saturated carbocycles. The van der Waals surface area contributed by atoms with Gasteiger partial charge in [-0.25, -0.2) is 0 Å². The lowest BCUT2D eigenvalue weighted by molar-refractivity contribution is -0.148. The summed E-state index contributed by atoms with van der Waals surface area (Å²) in [5.41, 5.74) is -0.256. The van der Waals surface area contributed by atoms with Crippen molar-refractivity contribution in [3.05, 3.63) is 34.9 Å². The van der Waals surface area contributed by atoms with Crippen LogP contribution >= 0.6 is 11.6 Å². The maximum absolute atomic E-state index is 13.1. The summed E-state index contributed by atoms with van der Waals surface area (Å²) in [5, 5.41) is 10.3. The highest BCUT2D eigenvalue weighted by Gasteiger charge is 2.55. The number of likely N-dealkylation sites (tertiary alicyclic amines) is 2. The maximum Gasteiger partial charge on any atom is 0.323 e. The molecule has 1 aromatic rings. The number of aliphatic carboxylic acids is 1.